The van der Waals surface area contributed by atoms with E-state index in [0.717, 1.165) is 11.5 Å². The van der Waals surface area contributed by atoms with E-state index >= 15 is 0 Å². The predicted octanol–water partition coefficient (Wildman–Crippen LogP) is 3.20. The van der Waals surface area contributed by atoms with Crippen LogP contribution in [0.2, 0.25) is 10.0 Å². The zero-order valence-corrected chi connectivity index (χ0v) is 10.8. The van der Waals surface area contributed by atoms with Gasteiger partial charge in [0, 0.05) is 25.0 Å². The lowest BCUT2D eigenvalue weighted by molar-refractivity contribution is 1.09. The lowest BCUT2D eigenvalue weighted by Gasteiger charge is -2.06. The smallest absolute Gasteiger partial charge is 0.181 e. The highest BCUT2D eigenvalue weighted by Crippen LogP contribution is 2.26. The van der Waals surface area contributed by atoms with Gasteiger partial charge >= 0.3 is 0 Å². The van der Waals surface area contributed by atoms with E-state index in [1.807, 2.05) is 13.0 Å². The van der Waals surface area contributed by atoms with Crippen LogP contribution in [0.4, 0.5) is 5.82 Å². The van der Waals surface area contributed by atoms with E-state index in [0.29, 0.717) is 21.6 Å². The van der Waals surface area contributed by atoms with E-state index in [-0.39, 0.29) is 0 Å². The Balaban J connectivity index is 2.55. The first-order valence-electron chi connectivity index (χ1n) is 4.95. The Labute approximate surface area is 109 Å². The van der Waals surface area contributed by atoms with Crippen LogP contribution in [0.1, 0.15) is 5.69 Å². The molecule has 0 saturated heterocycles. The van der Waals surface area contributed by atoms with Crippen molar-refractivity contribution in [3.8, 4) is 11.5 Å². The van der Waals surface area contributed by atoms with Gasteiger partial charge in [-0.25, -0.2) is 15.0 Å². The molecule has 0 atom stereocenters. The quantitative estimate of drug-likeness (QED) is 0.909. The van der Waals surface area contributed by atoms with Crippen molar-refractivity contribution in [1.82, 2.24) is 15.0 Å². The fourth-order valence-electron chi connectivity index (χ4n) is 1.38. The molecule has 0 amide bonds. The summed E-state index contributed by atoms with van der Waals surface area (Å²) in [5.74, 6) is 1.20. The second-order valence-corrected chi connectivity index (χ2v) is 4.30. The number of hydrogen-bond donors (Lipinski definition) is 1. The summed E-state index contributed by atoms with van der Waals surface area (Å²) in [6, 6.07) is 3.46. The van der Waals surface area contributed by atoms with Crippen LogP contribution in [0.15, 0.2) is 18.3 Å². The van der Waals surface area contributed by atoms with Gasteiger partial charge in [-0.3, -0.25) is 0 Å². The van der Waals surface area contributed by atoms with Crippen molar-refractivity contribution in [1.29, 1.82) is 0 Å². The number of pyridine rings is 1. The lowest BCUT2D eigenvalue weighted by Crippen LogP contribution is -2.00. The van der Waals surface area contributed by atoms with Crippen molar-refractivity contribution in [2.24, 2.45) is 0 Å². The van der Waals surface area contributed by atoms with Crippen LogP contribution in [0.3, 0.4) is 0 Å². The summed E-state index contributed by atoms with van der Waals surface area (Å²) in [5, 5.41) is 3.88. The van der Waals surface area contributed by atoms with Crippen molar-refractivity contribution in [3.63, 3.8) is 0 Å². The third kappa shape index (κ3) is 2.65. The van der Waals surface area contributed by atoms with Gasteiger partial charge in [0.1, 0.15) is 11.5 Å². The topological polar surface area (TPSA) is 50.7 Å². The van der Waals surface area contributed by atoms with E-state index in [9.17, 15) is 0 Å². The van der Waals surface area contributed by atoms with Crippen LogP contribution in [0, 0.1) is 6.92 Å². The second-order valence-electron chi connectivity index (χ2n) is 3.45. The monoisotopic (exact) mass is 268 g/mol. The minimum atomic E-state index is 0.435. The maximum absolute atomic E-state index is 6.06. The average molecular weight is 269 g/mol. The Morgan fingerprint density at radius 2 is 1.94 bits per heavy atom. The highest BCUT2D eigenvalue weighted by molar-refractivity contribution is 6.35. The maximum Gasteiger partial charge on any atom is 0.181 e. The van der Waals surface area contributed by atoms with Crippen LogP contribution in [-0.2, 0) is 0 Å². The zero-order valence-electron chi connectivity index (χ0n) is 9.33. The maximum atomic E-state index is 6.06. The van der Waals surface area contributed by atoms with Crippen molar-refractivity contribution < 1.29 is 0 Å². The lowest BCUT2D eigenvalue weighted by atomic mass is 10.3. The Morgan fingerprint density at radius 1 is 1.18 bits per heavy atom. The number of aromatic nitrogens is 3. The molecule has 0 aliphatic carbocycles. The number of nitrogens with zero attached hydrogens (tertiary/aromatic N) is 3. The number of halogens is 2. The normalized spacial score (nSPS) is 10.4. The number of aryl methyl sites for hydroxylation is 1. The summed E-state index contributed by atoms with van der Waals surface area (Å²) in [7, 11) is 1.79. The fourth-order valence-corrected chi connectivity index (χ4v) is 1.85. The molecule has 0 aliphatic heterocycles. The minimum Gasteiger partial charge on any atom is -0.373 e. The van der Waals surface area contributed by atoms with E-state index in [4.69, 9.17) is 23.2 Å². The van der Waals surface area contributed by atoms with Gasteiger partial charge in [0.15, 0.2) is 5.82 Å². The van der Waals surface area contributed by atoms with Crippen molar-refractivity contribution in [2.75, 3.05) is 12.4 Å². The SMILES string of the molecule is CNc1cc(C)nc(-c2ncc(Cl)cc2Cl)n1. The molecule has 0 fully saturated rings. The van der Waals surface area contributed by atoms with Gasteiger partial charge in [-0.05, 0) is 13.0 Å². The molecule has 6 heteroatoms. The Kier molecular flexibility index (Phi) is 3.45. The molecule has 0 aliphatic rings. The van der Waals surface area contributed by atoms with Crippen molar-refractivity contribution in [3.05, 3.63) is 34.1 Å². The van der Waals surface area contributed by atoms with Gasteiger partial charge in [-0.2, -0.15) is 0 Å². The van der Waals surface area contributed by atoms with Crippen LogP contribution >= 0.6 is 23.2 Å². The van der Waals surface area contributed by atoms with Gasteiger partial charge in [-0.15, -0.1) is 0 Å². The van der Waals surface area contributed by atoms with Gasteiger partial charge in [0.2, 0.25) is 0 Å². The summed E-state index contributed by atoms with van der Waals surface area (Å²) in [6.45, 7) is 1.88. The van der Waals surface area contributed by atoms with E-state index < -0.39 is 0 Å². The second kappa shape index (κ2) is 4.85. The van der Waals surface area contributed by atoms with Crippen molar-refractivity contribution >= 4 is 29.0 Å². The first kappa shape index (κ1) is 12.1. The van der Waals surface area contributed by atoms with E-state index in [1.54, 1.807) is 13.1 Å². The Hall–Kier alpha value is -1.39. The first-order chi connectivity index (χ1) is 8.10. The van der Waals surface area contributed by atoms with Crippen LogP contribution in [-0.4, -0.2) is 22.0 Å². The van der Waals surface area contributed by atoms with Crippen LogP contribution in [0.5, 0.6) is 0 Å². The molecule has 88 valence electrons. The van der Waals surface area contributed by atoms with Crippen molar-refractivity contribution in [2.45, 2.75) is 6.92 Å². The van der Waals surface area contributed by atoms with E-state index in [1.165, 1.54) is 6.20 Å². The predicted molar refractivity (Wildman–Crippen MR) is 69.6 cm³/mol. The standard InChI is InChI=1S/C11H10Cl2N4/c1-6-3-9(14-2)17-11(16-6)10-8(13)4-7(12)5-15-10/h3-5H,1-2H3,(H,14,16,17). The molecule has 0 saturated carbocycles. The van der Waals surface area contributed by atoms with Gasteiger partial charge in [-0.1, -0.05) is 23.2 Å². The third-order valence-electron chi connectivity index (χ3n) is 2.13. The first-order valence-corrected chi connectivity index (χ1v) is 5.70. The molecule has 0 unspecified atom stereocenters. The highest BCUT2D eigenvalue weighted by atomic mass is 35.5. The summed E-state index contributed by atoms with van der Waals surface area (Å²) in [5.41, 5.74) is 1.36. The molecule has 0 aromatic carbocycles. The summed E-state index contributed by atoms with van der Waals surface area (Å²) >= 11 is 11.9. The molecule has 17 heavy (non-hydrogen) atoms. The molecule has 0 bridgehead atoms. The van der Waals surface area contributed by atoms with Gasteiger partial charge in [0.05, 0.1) is 10.0 Å². The number of anilines is 1. The molecule has 2 heterocycles. The minimum absolute atomic E-state index is 0.435. The fraction of sp³-hybridized carbons (Fsp3) is 0.182. The molecule has 2 aromatic heterocycles. The van der Waals surface area contributed by atoms with E-state index in [2.05, 4.69) is 20.3 Å². The molecule has 0 radical (unpaired) electrons. The Bertz CT molecular complexity index is 557. The molecule has 4 nitrogen and oxygen atoms in total. The molecule has 2 aromatic rings. The number of rotatable bonds is 2. The number of nitrogens with one attached hydrogen (secondary N) is 1. The highest BCUT2D eigenvalue weighted by Gasteiger charge is 2.10. The Morgan fingerprint density at radius 3 is 2.59 bits per heavy atom. The van der Waals surface area contributed by atoms with Gasteiger partial charge in [0.25, 0.3) is 0 Å². The van der Waals surface area contributed by atoms with Crippen LogP contribution < -0.4 is 5.32 Å². The summed E-state index contributed by atoms with van der Waals surface area (Å²) < 4.78 is 0. The largest absolute Gasteiger partial charge is 0.373 e. The van der Waals surface area contributed by atoms with Crippen LogP contribution in [0.25, 0.3) is 11.5 Å². The molecule has 2 rings (SSSR count). The molecule has 0 spiro atoms. The summed E-state index contributed by atoms with van der Waals surface area (Å²) in [6.07, 6.45) is 1.52. The average Bonchev–Trinajstić information content (AvgIpc) is 2.28. The van der Waals surface area contributed by atoms with Gasteiger partial charge < -0.3 is 5.32 Å². The molecular formula is C11H10Cl2N4. The third-order valence-corrected chi connectivity index (χ3v) is 2.62. The summed E-state index contributed by atoms with van der Waals surface area (Å²) in [4.78, 5) is 12.7. The molecular weight excluding hydrogens is 259 g/mol. The molecule has 1 N–H and O–H groups in total. The number of hydrogen-bond acceptors (Lipinski definition) is 4. The zero-order chi connectivity index (χ0) is 12.4.